The third-order valence-electron chi connectivity index (χ3n) is 2.12. The van der Waals surface area contributed by atoms with E-state index >= 15 is 0 Å². The Morgan fingerprint density at radius 1 is 1.44 bits per heavy atom. The number of rotatable bonds is 3. The second kappa shape index (κ2) is 4.01. The molecule has 2 rings (SSSR count). The van der Waals surface area contributed by atoms with Crippen molar-refractivity contribution in [3.05, 3.63) is 40.6 Å². The van der Waals surface area contributed by atoms with E-state index in [1.807, 2.05) is 0 Å². The van der Waals surface area contributed by atoms with E-state index < -0.39 is 4.92 Å². The van der Waals surface area contributed by atoms with E-state index in [0.717, 1.165) is 0 Å². The summed E-state index contributed by atoms with van der Waals surface area (Å²) in [6.45, 7) is 0. The van der Waals surface area contributed by atoms with E-state index in [2.05, 4.69) is 9.68 Å². The number of methoxy groups -OCH3 is 1. The van der Waals surface area contributed by atoms with Crippen molar-refractivity contribution in [3.63, 3.8) is 0 Å². The van der Waals surface area contributed by atoms with Gasteiger partial charge in [0, 0.05) is 6.07 Å². The van der Waals surface area contributed by atoms with E-state index in [0.29, 0.717) is 11.3 Å². The monoisotopic (exact) mass is 220 g/mol. The lowest BCUT2D eigenvalue weighted by Crippen LogP contribution is -1.96. The molecule has 2 aromatic rings. The summed E-state index contributed by atoms with van der Waals surface area (Å²) < 4.78 is 9.61. The van der Waals surface area contributed by atoms with Gasteiger partial charge in [-0.2, -0.15) is 0 Å². The highest BCUT2D eigenvalue weighted by Crippen LogP contribution is 2.36. The van der Waals surface area contributed by atoms with E-state index in [-0.39, 0.29) is 11.4 Å². The third-order valence-corrected chi connectivity index (χ3v) is 2.12. The molecule has 0 N–H and O–H groups in total. The number of nitro groups is 1. The molecule has 0 spiro atoms. The number of hydrogen-bond donors (Lipinski definition) is 0. The number of hydrogen-bond acceptors (Lipinski definition) is 5. The van der Waals surface area contributed by atoms with Crippen LogP contribution in [-0.2, 0) is 0 Å². The lowest BCUT2D eigenvalue weighted by Gasteiger charge is -2.04. The van der Waals surface area contributed by atoms with Gasteiger partial charge in [0.25, 0.3) is 0 Å². The highest BCUT2D eigenvalue weighted by Gasteiger charge is 2.22. The number of ether oxygens (including phenoxy) is 1. The normalized spacial score (nSPS) is 10.1. The fourth-order valence-electron chi connectivity index (χ4n) is 1.43. The maximum Gasteiger partial charge on any atom is 0.320 e. The van der Waals surface area contributed by atoms with Crippen molar-refractivity contribution in [2.24, 2.45) is 0 Å². The van der Waals surface area contributed by atoms with Crippen LogP contribution in [0.15, 0.2) is 35.1 Å². The van der Waals surface area contributed by atoms with Crippen molar-refractivity contribution < 1.29 is 14.2 Å². The number of nitro benzene ring substituents is 1. The lowest BCUT2D eigenvalue weighted by molar-refractivity contribution is -0.385. The molecule has 0 aliphatic heterocycles. The minimum atomic E-state index is -0.497. The van der Waals surface area contributed by atoms with Gasteiger partial charge in [-0.1, -0.05) is 11.2 Å². The molecule has 0 radical (unpaired) electrons. The minimum Gasteiger partial charge on any atom is -0.490 e. The maximum absolute atomic E-state index is 11.0. The van der Waals surface area contributed by atoms with Gasteiger partial charge in [-0.05, 0) is 12.1 Å². The van der Waals surface area contributed by atoms with Crippen LogP contribution in [0.3, 0.4) is 0 Å². The summed E-state index contributed by atoms with van der Waals surface area (Å²) in [5.41, 5.74) is 0.669. The van der Waals surface area contributed by atoms with Crippen LogP contribution in [0.4, 0.5) is 5.69 Å². The van der Waals surface area contributed by atoms with Gasteiger partial charge in [0.05, 0.1) is 17.6 Å². The van der Waals surface area contributed by atoms with E-state index in [9.17, 15) is 10.1 Å². The van der Waals surface area contributed by atoms with Gasteiger partial charge in [0.1, 0.15) is 12.0 Å². The van der Waals surface area contributed by atoms with Crippen molar-refractivity contribution in [3.8, 4) is 17.0 Å². The van der Waals surface area contributed by atoms with Gasteiger partial charge >= 0.3 is 5.69 Å². The topological polar surface area (TPSA) is 78.4 Å². The molecule has 0 amide bonds. The van der Waals surface area contributed by atoms with Crippen LogP contribution in [0.1, 0.15) is 0 Å². The summed E-state index contributed by atoms with van der Waals surface area (Å²) in [5, 5.41) is 14.6. The van der Waals surface area contributed by atoms with Gasteiger partial charge in [0.2, 0.25) is 0 Å². The maximum atomic E-state index is 11.0. The molecule has 1 aromatic heterocycles. The van der Waals surface area contributed by atoms with Crippen LogP contribution in [0.2, 0.25) is 0 Å². The van der Waals surface area contributed by atoms with E-state index in [4.69, 9.17) is 4.74 Å². The fraction of sp³-hybridized carbons (Fsp3) is 0.100. The molecule has 0 unspecified atom stereocenters. The van der Waals surface area contributed by atoms with E-state index in [1.54, 1.807) is 18.2 Å². The molecule has 0 bridgehead atoms. The molecule has 1 heterocycles. The Morgan fingerprint density at radius 3 is 2.81 bits per heavy atom. The minimum absolute atomic E-state index is 0.112. The fourth-order valence-corrected chi connectivity index (χ4v) is 1.43. The summed E-state index contributed by atoms with van der Waals surface area (Å²) in [6, 6.07) is 6.35. The largest absolute Gasteiger partial charge is 0.490 e. The summed E-state index contributed by atoms with van der Waals surface area (Å²) in [7, 11) is 1.38. The molecule has 82 valence electrons. The van der Waals surface area contributed by atoms with Gasteiger partial charge in [-0.3, -0.25) is 10.1 Å². The second-order valence-corrected chi connectivity index (χ2v) is 3.00. The molecule has 6 nitrogen and oxygen atoms in total. The van der Waals surface area contributed by atoms with Gasteiger partial charge in [-0.15, -0.1) is 0 Å². The Labute approximate surface area is 90.6 Å². The molecule has 0 atom stereocenters. The zero-order valence-corrected chi connectivity index (χ0v) is 8.41. The van der Waals surface area contributed by atoms with Crippen LogP contribution < -0.4 is 4.74 Å². The van der Waals surface area contributed by atoms with Crippen molar-refractivity contribution >= 4 is 5.69 Å². The molecule has 0 aliphatic rings. The number of benzene rings is 1. The Bertz CT molecular complexity index is 508. The van der Waals surface area contributed by atoms with Crippen molar-refractivity contribution in [2.75, 3.05) is 7.11 Å². The van der Waals surface area contributed by atoms with Crippen LogP contribution in [0.5, 0.6) is 5.75 Å². The molecule has 0 aliphatic carbocycles. The highest BCUT2D eigenvalue weighted by atomic mass is 16.6. The first-order valence-corrected chi connectivity index (χ1v) is 4.46. The molecular weight excluding hydrogens is 212 g/mol. The summed E-state index contributed by atoms with van der Waals surface area (Å²) in [6.07, 6.45) is 1.36. The number of para-hydroxylation sites is 1. The van der Waals surface area contributed by atoms with Crippen molar-refractivity contribution in [2.45, 2.75) is 0 Å². The van der Waals surface area contributed by atoms with Crippen LogP contribution in [0, 0.1) is 10.1 Å². The van der Waals surface area contributed by atoms with Crippen LogP contribution in [-0.4, -0.2) is 17.2 Å². The van der Waals surface area contributed by atoms with Crippen LogP contribution in [0.25, 0.3) is 11.3 Å². The quantitative estimate of drug-likeness (QED) is 0.585. The zero-order chi connectivity index (χ0) is 11.5. The first kappa shape index (κ1) is 10.2. The molecular formula is C10H8N2O4. The van der Waals surface area contributed by atoms with Crippen molar-refractivity contribution in [1.29, 1.82) is 0 Å². The summed E-state index contributed by atoms with van der Waals surface area (Å²) in [4.78, 5) is 10.5. The lowest BCUT2D eigenvalue weighted by atomic mass is 10.1. The molecule has 0 saturated heterocycles. The first-order valence-electron chi connectivity index (χ1n) is 4.46. The Balaban J connectivity index is 2.65. The molecule has 16 heavy (non-hydrogen) atoms. The van der Waals surface area contributed by atoms with Crippen LogP contribution >= 0.6 is 0 Å². The third kappa shape index (κ3) is 1.60. The predicted octanol–water partition coefficient (Wildman–Crippen LogP) is 2.26. The Hall–Kier alpha value is -2.37. The summed E-state index contributed by atoms with van der Waals surface area (Å²) in [5.74, 6) is 0.200. The molecule has 6 heteroatoms. The molecule has 0 fully saturated rings. The molecule has 1 aromatic carbocycles. The average Bonchev–Trinajstić information content (AvgIpc) is 2.81. The Kier molecular flexibility index (Phi) is 2.55. The number of aromatic nitrogens is 1. The van der Waals surface area contributed by atoms with Gasteiger partial charge < -0.3 is 9.26 Å². The van der Waals surface area contributed by atoms with E-state index in [1.165, 1.54) is 19.4 Å². The Morgan fingerprint density at radius 2 is 2.25 bits per heavy atom. The smallest absolute Gasteiger partial charge is 0.320 e. The standard InChI is InChI=1S/C10H8N2O4/c1-15-9-4-2-3-7(10(9)12(13)14)8-5-6-16-11-8/h2-6H,1H3. The SMILES string of the molecule is COc1cccc(-c2ccon2)c1[N+](=O)[O-]. The number of nitrogens with zero attached hydrogens (tertiary/aromatic N) is 2. The molecule has 0 saturated carbocycles. The van der Waals surface area contributed by atoms with Gasteiger partial charge in [-0.25, -0.2) is 0 Å². The average molecular weight is 220 g/mol. The van der Waals surface area contributed by atoms with Gasteiger partial charge in [0.15, 0.2) is 5.75 Å². The summed E-state index contributed by atoms with van der Waals surface area (Å²) >= 11 is 0. The second-order valence-electron chi connectivity index (χ2n) is 3.00. The predicted molar refractivity (Wildman–Crippen MR) is 55.1 cm³/mol. The zero-order valence-electron chi connectivity index (χ0n) is 8.41. The van der Waals surface area contributed by atoms with Crippen molar-refractivity contribution in [1.82, 2.24) is 5.16 Å². The first-order chi connectivity index (χ1) is 7.74. The highest BCUT2D eigenvalue weighted by molar-refractivity contribution is 5.74.